The minimum Gasteiger partial charge on any atom is -0.381 e. The number of benzene rings is 1. The highest BCUT2D eigenvalue weighted by atomic mass is 79.9. The molecule has 4 unspecified atom stereocenters. The Bertz CT molecular complexity index is 485. The molecule has 1 N–H and O–H groups in total. The molecular formula is C15H17BrClN. The van der Waals surface area contributed by atoms with Crippen LogP contribution >= 0.6 is 27.5 Å². The molecule has 3 rings (SSSR count). The number of rotatable bonds is 3. The number of hydrogen-bond donors (Lipinski definition) is 1. The molecule has 0 spiro atoms. The van der Waals surface area contributed by atoms with Crippen LogP contribution in [0.5, 0.6) is 0 Å². The minimum atomic E-state index is 0.486. The van der Waals surface area contributed by atoms with E-state index >= 15 is 0 Å². The van der Waals surface area contributed by atoms with Crippen LogP contribution in [0.25, 0.3) is 0 Å². The Kier molecular flexibility index (Phi) is 3.42. The average molecular weight is 327 g/mol. The molecule has 1 nitrogen and oxygen atoms in total. The lowest BCUT2D eigenvalue weighted by atomic mass is 9.87. The first-order valence-electron chi connectivity index (χ1n) is 6.53. The Morgan fingerprint density at radius 3 is 2.83 bits per heavy atom. The summed E-state index contributed by atoms with van der Waals surface area (Å²) in [6.45, 7) is 2.28. The normalized spacial score (nSPS) is 30.7. The van der Waals surface area contributed by atoms with Crippen molar-refractivity contribution >= 4 is 33.2 Å². The molecule has 96 valence electrons. The minimum absolute atomic E-state index is 0.486. The zero-order chi connectivity index (χ0) is 12.7. The van der Waals surface area contributed by atoms with Gasteiger partial charge in [0.05, 0.1) is 5.69 Å². The fraction of sp³-hybridized carbons (Fsp3) is 0.467. The third-order valence-corrected chi connectivity index (χ3v) is 5.21. The van der Waals surface area contributed by atoms with Crippen LogP contribution in [-0.4, -0.2) is 6.04 Å². The summed E-state index contributed by atoms with van der Waals surface area (Å²) in [5.74, 6) is 2.35. The number of fused-ring (bicyclic) bond motifs is 2. The van der Waals surface area contributed by atoms with Crippen LogP contribution in [0.3, 0.4) is 0 Å². The topological polar surface area (TPSA) is 12.0 Å². The van der Waals surface area contributed by atoms with Gasteiger partial charge in [-0.25, -0.2) is 0 Å². The molecule has 0 aliphatic heterocycles. The van der Waals surface area contributed by atoms with Gasteiger partial charge in [0.1, 0.15) is 0 Å². The maximum atomic E-state index is 6.05. The summed E-state index contributed by atoms with van der Waals surface area (Å²) < 4.78 is 1.08. The van der Waals surface area contributed by atoms with Gasteiger partial charge in [0.15, 0.2) is 0 Å². The molecule has 2 aliphatic rings. The maximum absolute atomic E-state index is 6.05. The van der Waals surface area contributed by atoms with Crippen molar-refractivity contribution < 1.29 is 0 Å². The predicted molar refractivity (Wildman–Crippen MR) is 81.1 cm³/mol. The maximum Gasteiger partial charge on any atom is 0.0501 e. The molecule has 1 aromatic rings. The van der Waals surface area contributed by atoms with Crippen LogP contribution in [0.2, 0.25) is 5.02 Å². The highest BCUT2D eigenvalue weighted by molar-refractivity contribution is 9.10. The van der Waals surface area contributed by atoms with Crippen LogP contribution in [0.4, 0.5) is 5.69 Å². The Morgan fingerprint density at radius 1 is 1.33 bits per heavy atom. The molecule has 1 aromatic carbocycles. The lowest BCUT2D eigenvalue weighted by Gasteiger charge is -2.27. The molecule has 0 radical (unpaired) electrons. The van der Waals surface area contributed by atoms with E-state index in [2.05, 4.69) is 40.3 Å². The molecule has 18 heavy (non-hydrogen) atoms. The summed E-state index contributed by atoms with van der Waals surface area (Å²) in [6.07, 6.45) is 7.48. The van der Waals surface area contributed by atoms with Gasteiger partial charge >= 0.3 is 0 Å². The van der Waals surface area contributed by atoms with E-state index in [0.717, 1.165) is 32.9 Å². The molecule has 0 heterocycles. The summed E-state index contributed by atoms with van der Waals surface area (Å²) in [5.41, 5.74) is 1.10. The highest BCUT2D eigenvalue weighted by Gasteiger charge is 2.38. The standard InChI is InChI=1S/C15H17BrClN/c1-9(13-7-10-2-3-11(13)6-10)18-15-8-12(17)4-5-14(15)16/h2-5,8-11,13,18H,6-7H2,1H3. The number of allylic oxidation sites excluding steroid dienone is 2. The van der Waals surface area contributed by atoms with Crippen molar-refractivity contribution in [2.45, 2.75) is 25.8 Å². The molecule has 0 aromatic heterocycles. The second-order valence-corrected chi connectivity index (χ2v) is 6.79. The molecule has 2 aliphatic carbocycles. The van der Waals surface area contributed by atoms with Crippen molar-refractivity contribution in [2.24, 2.45) is 17.8 Å². The SMILES string of the molecule is CC(Nc1cc(Cl)ccc1Br)C1CC2C=CC1C2. The predicted octanol–water partition coefficient (Wildman–Crippen LogP) is 5.12. The molecule has 4 atom stereocenters. The quantitative estimate of drug-likeness (QED) is 0.761. The van der Waals surface area contributed by atoms with E-state index in [0.29, 0.717) is 6.04 Å². The van der Waals surface area contributed by atoms with Gasteiger partial charge in [-0.3, -0.25) is 0 Å². The number of hydrogen-bond acceptors (Lipinski definition) is 1. The van der Waals surface area contributed by atoms with Crippen molar-refractivity contribution in [1.82, 2.24) is 0 Å². The van der Waals surface area contributed by atoms with Gasteiger partial charge in [-0.1, -0.05) is 23.8 Å². The summed E-state index contributed by atoms with van der Waals surface area (Å²) in [7, 11) is 0. The van der Waals surface area contributed by atoms with Gasteiger partial charge in [-0.05, 0) is 71.6 Å². The van der Waals surface area contributed by atoms with Crippen LogP contribution in [0, 0.1) is 17.8 Å². The van der Waals surface area contributed by atoms with Crippen molar-refractivity contribution in [3.8, 4) is 0 Å². The van der Waals surface area contributed by atoms with E-state index in [1.807, 2.05) is 18.2 Å². The molecule has 0 amide bonds. The number of anilines is 1. The summed E-state index contributed by atoms with van der Waals surface area (Å²) in [6, 6.07) is 6.38. The molecular weight excluding hydrogens is 310 g/mol. The largest absolute Gasteiger partial charge is 0.381 e. The van der Waals surface area contributed by atoms with Crippen molar-refractivity contribution in [2.75, 3.05) is 5.32 Å². The van der Waals surface area contributed by atoms with E-state index in [4.69, 9.17) is 11.6 Å². The van der Waals surface area contributed by atoms with E-state index in [-0.39, 0.29) is 0 Å². The number of halogens is 2. The monoisotopic (exact) mass is 325 g/mol. The van der Waals surface area contributed by atoms with Crippen LogP contribution in [0.1, 0.15) is 19.8 Å². The zero-order valence-corrected chi connectivity index (χ0v) is 12.7. The lowest BCUT2D eigenvalue weighted by Crippen LogP contribution is -2.28. The van der Waals surface area contributed by atoms with Crippen molar-refractivity contribution in [3.05, 3.63) is 39.8 Å². The van der Waals surface area contributed by atoms with Gasteiger partial charge in [-0.15, -0.1) is 0 Å². The Morgan fingerprint density at radius 2 is 2.17 bits per heavy atom. The summed E-state index contributed by atoms with van der Waals surface area (Å²) >= 11 is 9.62. The molecule has 2 bridgehead atoms. The van der Waals surface area contributed by atoms with Gasteiger partial charge in [0.2, 0.25) is 0 Å². The fourth-order valence-corrected chi connectivity index (χ4v) is 3.89. The second-order valence-electron chi connectivity index (χ2n) is 5.50. The number of nitrogens with one attached hydrogen (secondary N) is 1. The third-order valence-electron chi connectivity index (χ3n) is 4.28. The first-order chi connectivity index (χ1) is 8.63. The summed E-state index contributed by atoms with van der Waals surface area (Å²) in [4.78, 5) is 0. The Hall–Kier alpha value is -0.470. The van der Waals surface area contributed by atoms with Gasteiger partial charge < -0.3 is 5.32 Å². The first-order valence-corrected chi connectivity index (χ1v) is 7.70. The Balaban J connectivity index is 1.72. The van der Waals surface area contributed by atoms with Gasteiger partial charge in [-0.2, -0.15) is 0 Å². The van der Waals surface area contributed by atoms with E-state index < -0.39 is 0 Å². The van der Waals surface area contributed by atoms with Crippen molar-refractivity contribution in [3.63, 3.8) is 0 Å². The molecule has 1 saturated carbocycles. The molecule has 0 saturated heterocycles. The fourth-order valence-electron chi connectivity index (χ4n) is 3.36. The molecule has 1 fully saturated rings. The second kappa shape index (κ2) is 4.90. The van der Waals surface area contributed by atoms with Gasteiger partial charge in [0.25, 0.3) is 0 Å². The van der Waals surface area contributed by atoms with Crippen LogP contribution < -0.4 is 5.32 Å². The summed E-state index contributed by atoms with van der Waals surface area (Å²) in [5, 5.41) is 4.39. The van der Waals surface area contributed by atoms with E-state index in [9.17, 15) is 0 Å². The lowest BCUT2D eigenvalue weighted by molar-refractivity contribution is 0.400. The highest BCUT2D eigenvalue weighted by Crippen LogP contribution is 2.45. The third kappa shape index (κ3) is 2.33. The van der Waals surface area contributed by atoms with Crippen LogP contribution in [-0.2, 0) is 0 Å². The molecule has 3 heteroatoms. The van der Waals surface area contributed by atoms with Crippen molar-refractivity contribution in [1.29, 1.82) is 0 Å². The average Bonchev–Trinajstić information content (AvgIpc) is 2.96. The smallest absolute Gasteiger partial charge is 0.0501 e. The Labute approximate surface area is 122 Å². The van der Waals surface area contributed by atoms with Gasteiger partial charge in [0, 0.05) is 15.5 Å². The van der Waals surface area contributed by atoms with Crippen LogP contribution in [0.15, 0.2) is 34.8 Å². The first kappa shape index (κ1) is 12.6. The van der Waals surface area contributed by atoms with E-state index in [1.165, 1.54) is 12.8 Å². The zero-order valence-electron chi connectivity index (χ0n) is 10.4. The van der Waals surface area contributed by atoms with E-state index in [1.54, 1.807) is 0 Å².